The van der Waals surface area contributed by atoms with E-state index in [1.54, 1.807) is 0 Å². The molecule has 3 aromatic heterocycles. The molecule has 0 unspecified atom stereocenters. The lowest BCUT2D eigenvalue weighted by Gasteiger charge is -2.16. The van der Waals surface area contributed by atoms with E-state index in [4.69, 9.17) is 9.68 Å². The number of fused-ring (bicyclic) bond motifs is 1. The fourth-order valence-electron chi connectivity index (χ4n) is 4.26. The molecule has 7 heteroatoms. The van der Waals surface area contributed by atoms with Crippen LogP contribution in [0.1, 0.15) is 70.1 Å². The maximum absolute atomic E-state index is 5.70. The minimum Gasteiger partial charge on any atom is -0.395 e. The van der Waals surface area contributed by atoms with E-state index >= 15 is 0 Å². The number of hydrogen-bond acceptors (Lipinski definition) is 7. The summed E-state index contributed by atoms with van der Waals surface area (Å²) in [4.78, 5) is 25.3. The van der Waals surface area contributed by atoms with Crippen molar-refractivity contribution in [2.45, 2.75) is 60.3 Å². The van der Waals surface area contributed by atoms with Gasteiger partial charge in [-0.15, -0.1) is 0 Å². The molecular formula is C28H33N5O2. The Morgan fingerprint density at radius 3 is 2.09 bits per heavy atom. The Hall–Kier alpha value is -3.61. The van der Waals surface area contributed by atoms with Gasteiger partial charge in [-0.2, -0.15) is 0 Å². The van der Waals surface area contributed by atoms with E-state index in [9.17, 15) is 0 Å². The van der Waals surface area contributed by atoms with Gasteiger partial charge in [0.05, 0.1) is 17.1 Å². The van der Waals surface area contributed by atoms with Crippen molar-refractivity contribution in [1.29, 1.82) is 0 Å². The van der Waals surface area contributed by atoms with Crippen LogP contribution in [0.15, 0.2) is 46.7 Å². The van der Waals surface area contributed by atoms with Crippen molar-refractivity contribution in [3.63, 3.8) is 0 Å². The van der Waals surface area contributed by atoms with Gasteiger partial charge in [-0.05, 0) is 101 Å². The monoisotopic (exact) mass is 471 g/mol. The van der Waals surface area contributed by atoms with Crippen molar-refractivity contribution >= 4 is 11.4 Å². The second kappa shape index (κ2) is 11.2. The maximum Gasteiger partial charge on any atom is 0.154 e. The lowest BCUT2D eigenvalue weighted by atomic mass is 9.94. The molecule has 0 amide bonds. The Morgan fingerprint density at radius 1 is 0.771 bits per heavy atom. The molecule has 1 aliphatic rings. The highest BCUT2D eigenvalue weighted by Crippen LogP contribution is 2.20. The molecule has 182 valence electrons. The third-order valence-corrected chi connectivity index (χ3v) is 5.73. The van der Waals surface area contributed by atoms with E-state index < -0.39 is 0 Å². The van der Waals surface area contributed by atoms with Crippen LogP contribution >= 0.6 is 0 Å². The first-order chi connectivity index (χ1) is 16.9. The molecule has 3 heterocycles. The third-order valence-electron chi connectivity index (χ3n) is 5.73. The fraction of sp³-hybridized carbons (Fsp3) is 0.393. The molecule has 0 aromatic carbocycles. The molecule has 0 radical (unpaired) electrons. The predicted octanol–water partition coefficient (Wildman–Crippen LogP) is 5.33. The van der Waals surface area contributed by atoms with Gasteiger partial charge in [-0.3, -0.25) is 15.0 Å². The van der Waals surface area contributed by atoms with Gasteiger partial charge in [-0.1, -0.05) is 16.4 Å². The molecule has 3 aromatic rings. The second-order valence-corrected chi connectivity index (χ2v) is 9.15. The van der Waals surface area contributed by atoms with Crippen LogP contribution in [0.5, 0.6) is 0 Å². The number of hydrogen-bond donors (Lipinski definition) is 0. The zero-order valence-corrected chi connectivity index (χ0v) is 21.3. The van der Waals surface area contributed by atoms with Gasteiger partial charge in [-0.25, -0.2) is 0 Å². The maximum atomic E-state index is 5.70. The summed E-state index contributed by atoms with van der Waals surface area (Å²) in [5.74, 6) is 0. The number of rotatable bonds is 8. The summed E-state index contributed by atoms with van der Waals surface area (Å²) in [5.41, 5.74) is 10.4. The van der Waals surface area contributed by atoms with E-state index in [2.05, 4.69) is 37.4 Å². The van der Waals surface area contributed by atoms with Crippen molar-refractivity contribution < 1.29 is 9.68 Å². The van der Waals surface area contributed by atoms with Gasteiger partial charge in [0.25, 0.3) is 0 Å². The molecule has 0 aliphatic heterocycles. The molecule has 0 saturated carbocycles. The number of aromatic nitrogens is 3. The Kier molecular flexibility index (Phi) is 7.85. The summed E-state index contributed by atoms with van der Waals surface area (Å²) in [5, 5.41) is 8.82. The lowest BCUT2D eigenvalue weighted by Crippen LogP contribution is -2.15. The van der Waals surface area contributed by atoms with Crippen LogP contribution in [0.4, 0.5) is 0 Å². The number of aryl methyl sites for hydroxylation is 6. The van der Waals surface area contributed by atoms with Crippen LogP contribution in [0.2, 0.25) is 0 Å². The standard InChI is InChI=1S/C28H33N5O2/c1-18-14-21(4)29-25(16-18)28(26-17-19(2)15-22(5)30-26)33-35-13-7-12-34-32-24-9-6-8-23-11-10-20(3)31-27(23)24/h10-11,14-17H,6-9,12-13H2,1-5H3. The van der Waals surface area contributed by atoms with Crippen LogP contribution < -0.4 is 0 Å². The Bertz CT molecular complexity index is 1170. The van der Waals surface area contributed by atoms with Crippen molar-refractivity contribution in [2.24, 2.45) is 10.3 Å². The third kappa shape index (κ3) is 6.50. The quantitative estimate of drug-likeness (QED) is 0.252. The van der Waals surface area contributed by atoms with Gasteiger partial charge >= 0.3 is 0 Å². The number of oxime groups is 2. The highest BCUT2D eigenvalue weighted by Gasteiger charge is 2.18. The summed E-state index contributed by atoms with van der Waals surface area (Å²) in [6, 6.07) is 12.3. The van der Waals surface area contributed by atoms with Crippen molar-refractivity contribution in [3.8, 4) is 0 Å². The largest absolute Gasteiger partial charge is 0.395 e. The van der Waals surface area contributed by atoms with Gasteiger partial charge in [0.2, 0.25) is 0 Å². The molecule has 1 aliphatic carbocycles. The van der Waals surface area contributed by atoms with Crippen molar-refractivity contribution in [1.82, 2.24) is 15.0 Å². The van der Waals surface area contributed by atoms with Crippen LogP contribution in [0, 0.1) is 34.6 Å². The SMILES string of the molecule is Cc1cc(C)nc(C(=NOCCCON=C2CCCc3ccc(C)nc32)c2cc(C)cc(C)n2)c1. The first-order valence-corrected chi connectivity index (χ1v) is 12.2. The van der Waals surface area contributed by atoms with Crippen molar-refractivity contribution in [3.05, 3.63) is 87.3 Å². The molecule has 0 fully saturated rings. The lowest BCUT2D eigenvalue weighted by molar-refractivity contribution is 0.0898. The molecule has 0 saturated heterocycles. The van der Waals surface area contributed by atoms with E-state index in [0.29, 0.717) is 25.3 Å². The average molecular weight is 472 g/mol. The molecule has 4 rings (SSSR count). The highest BCUT2D eigenvalue weighted by atomic mass is 16.6. The van der Waals surface area contributed by atoms with Gasteiger partial charge in [0.1, 0.15) is 18.9 Å². The van der Waals surface area contributed by atoms with E-state index in [0.717, 1.165) is 70.3 Å². The van der Waals surface area contributed by atoms with Gasteiger partial charge in [0, 0.05) is 23.5 Å². The normalized spacial score (nSPS) is 13.9. The van der Waals surface area contributed by atoms with E-state index in [1.165, 1.54) is 5.56 Å². The average Bonchev–Trinajstić information content (AvgIpc) is 2.79. The van der Waals surface area contributed by atoms with E-state index in [1.807, 2.05) is 58.9 Å². The topological polar surface area (TPSA) is 81.9 Å². The van der Waals surface area contributed by atoms with Crippen molar-refractivity contribution in [2.75, 3.05) is 13.2 Å². The zero-order chi connectivity index (χ0) is 24.8. The number of pyridine rings is 3. The molecule has 7 nitrogen and oxygen atoms in total. The zero-order valence-electron chi connectivity index (χ0n) is 21.3. The molecule has 0 bridgehead atoms. The molecule has 0 N–H and O–H groups in total. The van der Waals surface area contributed by atoms with Crippen LogP contribution in [0.3, 0.4) is 0 Å². The van der Waals surface area contributed by atoms with E-state index in [-0.39, 0.29) is 0 Å². The van der Waals surface area contributed by atoms with Gasteiger partial charge in [0.15, 0.2) is 5.71 Å². The summed E-state index contributed by atoms with van der Waals surface area (Å²) in [6.45, 7) is 10.9. The summed E-state index contributed by atoms with van der Waals surface area (Å²) >= 11 is 0. The predicted molar refractivity (Wildman–Crippen MR) is 138 cm³/mol. The molecular weight excluding hydrogens is 438 g/mol. The summed E-state index contributed by atoms with van der Waals surface area (Å²) in [6.07, 6.45) is 3.65. The Balaban J connectivity index is 1.40. The highest BCUT2D eigenvalue weighted by molar-refractivity contribution is 6.10. The van der Waals surface area contributed by atoms with Crippen LogP contribution in [0.25, 0.3) is 0 Å². The number of nitrogens with zero attached hydrogens (tertiary/aromatic N) is 5. The fourth-order valence-corrected chi connectivity index (χ4v) is 4.26. The smallest absolute Gasteiger partial charge is 0.154 e. The minimum atomic E-state index is 0.401. The molecule has 0 atom stereocenters. The first-order valence-electron chi connectivity index (χ1n) is 12.2. The molecule has 35 heavy (non-hydrogen) atoms. The minimum absolute atomic E-state index is 0.401. The second-order valence-electron chi connectivity index (χ2n) is 9.15. The summed E-state index contributed by atoms with van der Waals surface area (Å²) < 4.78 is 0. The molecule has 0 spiro atoms. The van der Waals surface area contributed by atoms with Crippen LogP contribution in [-0.4, -0.2) is 39.6 Å². The summed E-state index contributed by atoms with van der Waals surface area (Å²) in [7, 11) is 0. The van der Waals surface area contributed by atoms with Crippen LogP contribution in [-0.2, 0) is 16.1 Å². The Labute approximate surface area is 207 Å². The van der Waals surface area contributed by atoms with Gasteiger partial charge < -0.3 is 9.68 Å². The Morgan fingerprint density at radius 2 is 1.43 bits per heavy atom. The first kappa shape index (κ1) is 24.5.